The molecule has 3 heterocycles. The van der Waals surface area contributed by atoms with Crippen LogP contribution in [0.2, 0.25) is 0 Å². The monoisotopic (exact) mass is 728 g/mol. The van der Waals surface area contributed by atoms with E-state index in [2.05, 4.69) is 150 Å². The van der Waals surface area contributed by atoms with Gasteiger partial charge in [0.15, 0.2) is 11.6 Å². The van der Waals surface area contributed by atoms with Crippen molar-refractivity contribution in [1.82, 2.24) is 19.5 Å². The summed E-state index contributed by atoms with van der Waals surface area (Å²) < 4.78 is 8.79. The van der Waals surface area contributed by atoms with E-state index in [0.29, 0.717) is 24.0 Å². The number of rotatable bonds is 4. The number of hydrogen-bond donors (Lipinski definition) is 0. The Morgan fingerprint density at radius 2 is 1.07 bits per heavy atom. The van der Waals surface area contributed by atoms with Gasteiger partial charge >= 0.3 is 0 Å². The Hall–Kier alpha value is -7.63. The molecule has 0 saturated heterocycles. The number of hydrogen-bond acceptors (Lipinski definition) is 4. The minimum atomic E-state index is 0.583. The Morgan fingerprint density at radius 1 is 0.439 bits per heavy atom. The van der Waals surface area contributed by atoms with Crippen molar-refractivity contribution in [3.8, 4) is 62.1 Å². The van der Waals surface area contributed by atoms with E-state index in [1.165, 1.54) is 38.6 Å². The van der Waals surface area contributed by atoms with Crippen LogP contribution in [0.5, 0.6) is 0 Å². The summed E-state index contributed by atoms with van der Waals surface area (Å²) in [6.45, 7) is 0. The zero-order chi connectivity index (χ0) is 37.5. The lowest BCUT2D eigenvalue weighted by atomic mass is 9.93. The van der Waals surface area contributed by atoms with Gasteiger partial charge in [-0.2, -0.15) is 9.97 Å². The van der Waals surface area contributed by atoms with Crippen LogP contribution < -0.4 is 0 Å². The average molecular weight is 729 g/mol. The molecule has 5 heteroatoms. The Bertz CT molecular complexity index is 3320. The number of fused-ring (bicyclic) bond motifs is 12. The van der Waals surface area contributed by atoms with E-state index in [1.54, 1.807) is 0 Å². The van der Waals surface area contributed by atoms with Gasteiger partial charge in [0.05, 0.1) is 5.52 Å². The second-order valence-corrected chi connectivity index (χ2v) is 14.7. The zero-order valence-corrected chi connectivity index (χ0v) is 30.7. The van der Waals surface area contributed by atoms with Crippen molar-refractivity contribution >= 4 is 43.6 Å². The van der Waals surface area contributed by atoms with Gasteiger partial charge in [-0.3, -0.25) is 4.57 Å². The van der Waals surface area contributed by atoms with E-state index < -0.39 is 0 Å². The third-order valence-electron chi connectivity index (χ3n) is 11.5. The van der Waals surface area contributed by atoms with E-state index in [1.807, 2.05) is 36.4 Å². The second-order valence-electron chi connectivity index (χ2n) is 14.7. The summed E-state index contributed by atoms with van der Waals surface area (Å²) in [6.07, 6.45) is 0.693. The fraction of sp³-hybridized carbons (Fsp3) is 0.0192. The third kappa shape index (κ3) is 4.92. The highest BCUT2D eigenvalue weighted by atomic mass is 16.3. The van der Waals surface area contributed by atoms with E-state index in [0.717, 1.165) is 60.8 Å². The fourth-order valence-corrected chi connectivity index (χ4v) is 8.98. The number of furan rings is 1. The summed E-state index contributed by atoms with van der Waals surface area (Å²) in [5.74, 6) is 1.83. The van der Waals surface area contributed by atoms with Gasteiger partial charge in [0.25, 0.3) is 0 Å². The normalized spacial score (nSPS) is 12.1. The maximum Gasteiger partial charge on any atom is 0.238 e. The van der Waals surface area contributed by atoms with Crippen LogP contribution in [-0.4, -0.2) is 19.5 Å². The highest BCUT2D eigenvalue weighted by Gasteiger charge is 2.29. The van der Waals surface area contributed by atoms with Gasteiger partial charge in [-0.25, -0.2) is 4.98 Å². The Labute approximate surface area is 328 Å². The molecule has 0 saturated carbocycles. The molecule has 0 fully saturated rings. The lowest BCUT2D eigenvalue weighted by Crippen LogP contribution is -2.10. The van der Waals surface area contributed by atoms with Crippen molar-refractivity contribution in [3.63, 3.8) is 0 Å². The summed E-state index contributed by atoms with van der Waals surface area (Å²) >= 11 is 0. The molecule has 0 bridgehead atoms. The Morgan fingerprint density at radius 3 is 1.86 bits per heavy atom. The van der Waals surface area contributed by atoms with E-state index >= 15 is 0 Å². The molecule has 0 unspecified atom stereocenters. The van der Waals surface area contributed by atoms with Crippen molar-refractivity contribution in [2.24, 2.45) is 0 Å². The fourth-order valence-electron chi connectivity index (χ4n) is 8.98. The predicted molar refractivity (Wildman–Crippen MR) is 231 cm³/mol. The molecule has 0 aliphatic heterocycles. The Balaban J connectivity index is 1.21. The summed E-state index contributed by atoms with van der Waals surface area (Å²) in [4.78, 5) is 15.8. The molecule has 0 spiro atoms. The lowest BCUT2D eigenvalue weighted by molar-refractivity contribution is 0.669. The van der Waals surface area contributed by atoms with E-state index in [9.17, 15) is 0 Å². The number of para-hydroxylation sites is 1. The SMILES string of the molecule is c1ccc(-c2nc(-c3ccccc3)nc(-n3c4c(c5cccc(-c6ccc7oc8ccc9ccccc9c8c7c6)c53)-c3ccccc3-c3ccccc3C4)n2)cc1. The van der Waals surface area contributed by atoms with Crippen LogP contribution in [0.4, 0.5) is 0 Å². The van der Waals surface area contributed by atoms with Crippen LogP contribution in [0.3, 0.4) is 0 Å². The molecular formula is C52H32N4O. The van der Waals surface area contributed by atoms with Crippen molar-refractivity contribution < 1.29 is 4.42 Å². The predicted octanol–water partition coefficient (Wildman–Crippen LogP) is 13.1. The van der Waals surface area contributed by atoms with Crippen molar-refractivity contribution in [2.45, 2.75) is 6.42 Å². The van der Waals surface area contributed by atoms with Gasteiger partial charge in [-0.05, 0) is 56.8 Å². The van der Waals surface area contributed by atoms with Gasteiger partial charge in [0.1, 0.15) is 11.2 Å². The highest BCUT2D eigenvalue weighted by Crippen LogP contribution is 2.48. The third-order valence-corrected chi connectivity index (χ3v) is 11.5. The summed E-state index contributed by atoms with van der Waals surface area (Å²) in [5, 5.41) is 5.74. The summed E-state index contributed by atoms with van der Waals surface area (Å²) in [5.41, 5.74) is 14.1. The van der Waals surface area contributed by atoms with Gasteiger partial charge < -0.3 is 4.42 Å². The Kier molecular flexibility index (Phi) is 6.92. The van der Waals surface area contributed by atoms with Crippen molar-refractivity contribution in [2.75, 3.05) is 0 Å². The largest absolute Gasteiger partial charge is 0.456 e. The quantitative estimate of drug-likeness (QED) is 0.181. The first-order valence-corrected chi connectivity index (χ1v) is 19.3. The first-order chi connectivity index (χ1) is 28.3. The lowest BCUT2D eigenvalue weighted by Gasteiger charge is -2.15. The molecule has 1 aliphatic carbocycles. The number of aromatic nitrogens is 4. The topological polar surface area (TPSA) is 56.7 Å². The second kappa shape index (κ2) is 12.4. The molecule has 8 aromatic carbocycles. The molecule has 5 nitrogen and oxygen atoms in total. The zero-order valence-electron chi connectivity index (χ0n) is 30.7. The first kappa shape index (κ1) is 31.7. The molecule has 12 rings (SSSR count). The molecule has 266 valence electrons. The van der Waals surface area contributed by atoms with E-state index in [-0.39, 0.29) is 0 Å². The maximum atomic E-state index is 6.46. The average Bonchev–Trinajstić information content (AvgIpc) is 3.78. The number of benzene rings is 8. The summed E-state index contributed by atoms with van der Waals surface area (Å²) in [6, 6.07) is 64.1. The van der Waals surface area contributed by atoms with Crippen LogP contribution in [0, 0.1) is 0 Å². The van der Waals surface area contributed by atoms with E-state index in [4.69, 9.17) is 19.4 Å². The molecular weight excluding hydrogens is 697 g/mol. The van der Waals surface area contributed by atoms with Gasteiger partial charge in [-0.1, -0.05) is 164 Å². The highest BCUT2D eigenvalue weighted by molar-refractivity contribution is 6.20. The van der Waals surface area contributed by atoms with Crippen molar-refractivity contribution in [3.05, 3.63) is 193 Å². The molecule has 0 amide bonds. The molecule has 3 aromatic heterocycles. The van der Waals surface area contributed by atoms with Gasteiger partial charge in [0, 0.05) is 50.5 Å². The molecule has 57 heavy (non-hydrogen) atoms. The van der Waals surface area contributed by atoms with Gasteiger partial charge in [0.2, 0.25) is 5.95 Å². The molecule has 0 atom stereocenters. The molecule has 0 radical (unpaired) electrons. The number of nitrogens with zero attached hydrogens (tertiary/aromatic N) is 4. The van der Waals surface area contributed by atoms with Crippen LogP contribution in [0.15, 0.2) is 186 Å². The minimum Gasteiger partial charge on any atom is -0.456 e. The standard InChI is InChI=1S/C52H32N4O/c1-3-15-33(16-4-1)50-53-51(34-17-5-2-6-18-34)55-52(54-50)56-44-31-35-19-8-9-20-37(35)40-22-11-12-23-41(40)47(44)42-25-13-24-39(49(42)56)36-27-28-45-43(30-36)48-38-21-10-7-14-32(38)26-29-46(48)57-45/h1-30H,31H2. The molecule has 0 N–H and O–H groups in total. The van der Waals surface area contributed by atoms with Crippen LogP contribution in [0.25, 0.3) is 106 Å². The van der Waals surface area contributed by atoms with Crippen molar-refractivity contribution in [1.29, 1.82) is 0 Å². The van der Waals surface area contributed by atoms with Gasteiger partial charge in [-0.15, -0.1) is 0 Å². The molecule has 11 aromatic rings. The smallest absolute Gasteiger partial charge is 0.238 e. The first-order valence-electron chi connectivity index (χ1n) is 19.3. The molecule has 1 aliphatic rings. The summed E-state index contributed by atoms with van der Waals surface area (Å²) in [7, 11) is 0. The van der Waals surface area contributed by atoms with Crippen LogP contribution in [-0.2, 0) is 6.42 Å². The van der Waals surface area contributed by atoms with Crippen LogP contribution >= 0.6 is 0 Å². The van der Waals surface area contributed by atoms with Crippen LogP contribution in [0.1, 0.15) is 11.3 Å². The minimum absolute atomic E-state index is 0.583. The maximum absolute atomic E-state index is 6.46.